The number of methoxy groups -OCH3 is 1. The van der Waals surface area contributed by atoms with Gasteiger partial charge in [-0.2, -0.15) is 0 Å². The first-order chi connectivity index (χ1) is 15.0. The van der Waals surface area contributed by atoms with Gasteiger partial charge in [-0.25, -0.2) is 9.69 Å². The van der Waals surface area contributed by atoms with Crippen LogP contribution in [0.15, 0.2) is 54.2 Å². The summed E-state index contributed by atoms with van der Waals surface area (Å²) in [5.41, 5.74) is 2.65. The second-order valence-corrected chi connectivity index (χ2v) is 7.44. The molecule has 2 aliphatic rings. The van der Waals surface area contributed by atoms with Gasteiger partial charge in [0.1, 0.15) is 18.0 Å². The van der Waals surface area contributed by atoms with Gasteiger partial charge in [0.15, 0.2) is 0 Å². The summed E-state index contributed by atoms with van der Waals surface area (Å²) < 4.78 is 5.08. The summed E-state index contributed by atoms with van der Waals surface area (Å²) >= 11 is 0. The number of benzene rings is 2. The second-order valence-electron chi connectivity index (χ2n) is 7.44. The third-order valence-corrected chi connectivity index (χ3v) is 5.31. The van der Waals surface area contributed by atoms with Crippen molar-refractivity contribution < 1.29 is 19.1 Å². The molecule has 2 saturated heterocycles. The van der Waals surface area contributed by atoms with E-state index in [0.29, 0.717) is 11.4 Å². The van der Waals surface area contributed by atoms with E-state index in [0.717, 1.165) is 29.2 Å². The molecule has 2 aromatic rings. The van der Waals surface area contributed by atoms with Crippen molar-refractivity contribution in [2.75, 3.05) is 37.0 Å². The molecule has 2 aliphatic heterocycles. The maximum Gasteiger partial charge on any atom is 0.329 e. The van der Waals surface area contributed by atoms with Gasteiger partial charge in [0.05, 0.1) is 7.11 Å². The first kappa shape index (κ1) is 20.5. The van der Waals surface area contributed by atoms with Crippen LogP contribution in [0, 0.1) is 0 Å². The zero-order chi connectivity index (χ0) is 21.8. The van der Waals surface area contributed by atoms with Crippen molar-refractivity contribution in [3.8, 4) is 5.75 Å². The van der Waals surface area contributed by atoms with E-state index in [9.17, 15) is 14.4 Å². The number of imide groups is 1. The Balaban J connectivity index is 1.38. The maximum absolute atomic E-state index is 12.6. The monoisotopic (exact) mass is 420 g/mol. The minimum atomic E-state index is -0.616. The summed E-state index contributed by atoms with van der Waals surface area (Å²) in [6.45, 7) is 1.74. The van der Waals surface area contributed by atoms with Crippen LogP contribution in [0.4, 0.5) is 16.2 Å². The largest absolute Gasteiger partial charge is 0.497 e. The standard InChI is InChI=1S/C23H24N4O4/c1-31-19-10-6-17(7-11-19)24-21(28)15-27-22(29)20(25-23(27)30)14-16-4-8-18(9-5-16)26-12-2-3-13-26/h4-11,14H,2-3,12-13,15H2,1H3,(H,24,28)(H,25,30)/b20-14-. The summed E-state index contributed by atoms with van der Waals surface area (Å²) in [5.74, 6) is -0.335. The SMILES string of the molecule is COc1ccc(NC(=O)CN2C(=O)N/C(=C\c3ccc(N4CCCC4)cc3)C2=O)cc1. The summed E-state index contributed by atoms with van der Waals surface area (Å²) in [5, 5.41) is 5.21. The lowest BCUT2D eigenvalue weighted by molar-refractivity contribution is -0.127. The van der Waals surface area contributed by atoms with Gasteiger partial charge in [-0.3, -0.25) is 9.59 Å². The van der Waals surface area contributed by atoms with Gasteiger partial charge in [-0.05, 0) is 60.9 Å². The van der Waals surface area contributed by atoms with E-state index in [1.807, 2.05) is 24.3 Å². The Morgan fingerprint density at radius 3 is 2.39 bits per heavy atom. The highest BCUT2D eigenvalue weighted by Crippen LogP contribution is 2.22. The lowest BCUT2D eigenvalue weighted by Gasteiger charge is -2.17. The molecule has 0 radical (unpaired) electrons. The molecule has 0 aliphatic carbocycles. The van der Waals surface area contributed by atoms with E-state index in [1.165, 1.54) is 12.8 Å². The highest BCUT2D eigenvalue weighted by Gasteiger charge is 2.34. The van der Waals surface area contributed by atoms with E-state index >= 15 is 0 Å². The fourth-order valence-electron chi connectivity index (χ4n) is 3.66. The average molecular weight is 420 g/mol. The summed E-state index contributed by atoms with van der Waals surface area (Å²) in [7, 11) is 1.55. The molecule has 160 valence electrons. The maximum atomic E-state index is 12.6. The number of nitrogens with one attached hydrogen (secondary N) is 2. The van der Waals surface area contributed by atoms with Crippen molar-refractivity contribution in [1.82, 2.24) is 10.2 Å². The number of ether oxygens (including phenoxy) is 1. The molecular formula is C23H24N4O4. The number of amides is 4. The predicted octanol–water partition coefficient (Wildman–Crippen LogP) is 2.83. The molecule has 0 spiro atoms. The Kier molecular flexibility index (Phi) is 5.88. The van der Waals surface area contributed by atoms with Crippen molar-refractivity contribution >= 4 is 35.3 Å². The van der Waals surface area contributed by atoms with Crippen molar-refractivity contribution in [2.24, 2.45) is 0 Å². The van der Waals surface area contributed by atoms with Gasteiger partial charge >= 0.3 is 6.03 Å². The number of anilines is 2. The number of urea groups is 1. The van der Waals surface area contributed by atoms with Crippen molar-refractivity contribution in [2.45, 2.75) is 12.8 Å². The number of rotatable bonds is 6. The third kappa shape index (κ3) is 4.69. The van der Waals surface area contributed by atoms with Crippen LogP contribution in [0.25, 0.3) is 6.08 Å². The Hall–Kier alpha value is -3.81. The van der Waals surface area contributed by atoms with Gasteiger partial charge in [-0.1, -0.05) is 12.1 Å². The topological polar surface area (TPSA) is 91.0 Å². The highest BCUT2D eigenvalue weighted by atomic mass is 16.5. The van der Waals surface area contributed by atoms with E-state index < -0.39 is 17.8 Å². The summed E-state index contributed by atoms with van der Waals surface area (Å²) in [4.78, 5) is 40.4. The first-order valence-electron chi connectivity index (χ1n) is 10.2. The number of carbonyl (C=O) groups is 3. The molecule has 2 aromatic carbocycles. The summed E-state index contributed by atoms with van der Waals surface area (Å²) in [6, 6.07) is 14.0. The Morgan fingerprint density at radius 2 is 1.74 bits per heavy atom. The van der Waals surface area contributed by atoms with Gasteiger partial charge in [-0.15, -0.1) is 0 Å². The fourth-order valence-corrected chi connectivity index (χ4v) is 3.66. The molecule has 0 bridgehead atoms. The molecule has 4 rings (SSSR count). The van der Waals surface area contributed by atoms with Gasteiger partial charge in [0, 0.05) is 24.5 Å². The van der Waals surface area contributed by atoms with Crippen molar-refractivity contribution in [3.05, 3.63) is 59.8 Å². The predicted molar refractivity (Wildman–Crippen MR) is 118 cm³/mol. The molecule has 0 unspecified atom stereocenters. The second kappa shape index (κ2) is 8.91. The van der Waals surface area contributed by atoms with Crippen LogP contribution in [0.1, 0.15) is 18.4 Å². The van der Waals surface area contributed by atoms with Crippen LogP contribution >= 0.6 is 0 Å². The lowest BCUT2D eigenvalue weighted by atomic mass is 10.1. The average Bonchev–Trinajstić information content (AvgIpc) is 3.40. The molecule has 2 heterocycles. The van der Waals surface area contributed by atoms with Crippen LogP contribution < -0.4 is 20.3 Å². The van der Waals surface area contributed by atoms with E-state index in [-0.39, 0.29) is 12.2 Å². The van der Waals surface area contributed by atoms with Crippen LogP contribution in [0.2, 0.25) is 0 Å². The van der Waals surface area contributed by atoms with Crippen LogP contribution in [-0.2, 0) is 9.59 Å². The minimum Gasteiger partial charge on any atom is -0.497 e. The quantitative estimate of drug-likeness (QED) is 0.554. The smallest absolute Gasteiger partial charge is 0.329 e. The highest BCUT2D eigenvalue weighted by molar-refractivity contribution is 6.15. The number of carbonyl (C=O) groups excluding carboxylic acids is 3. The molecule has 0 atom stereocenters. The third-order valence-electron chi connectivity index (χ3n) is 5.31. The van der Waals surface area contributed by atoms with E-state index in [1.54, 1.807) is 37.5 Å². The lowest BCUT2D eigenvalue weighted by Crippen LogP contribution is -2.38. The van der Waals surface area contributed by atoms with Gasteiger partial charge in [0.2, 0.25) is 5.91 Å². The Labute approximate surface area is 180 Å². The molecule has 2 N–H and O–H groups in total. The Morgan fingerprint density at radius 1 is 1.06 bits per heavy atom. The van der Waals surface area contributed by atoms with Crippen LogP contribution in [0.3, 0.4) is 0 Å². The number of hydrogen-bond donors (Lipinski definition) is 2. The zero-order valence-electron chi connectivity index (χ0n) is 17.3. The van der Waals surface area contributed by atoms with Crippen LogP contribution in [0.5, 0.6) is 5.75 Å². The van der Waals surface area contributed by atoms with Gasteiger partial charge in [0.25, 0.3) is 5.91 Å². The van der Waals surface area contributed by atoms with Gasteiger partial charge < -0.3 is 20.3 Å². The van der Waals surface area contributed by atoms with Crippen LogP contribution in [-0.4, -0.2) is 49.5 Å². The fraction of sp³-hybridized carbons (Fsp3) is 0.261. The molecule has 8 nitrogen and oxygen atoms in total. The van der Waals surface area contributed by atoms with Crippen molar-refractivity contribution in [3.63, 3.8) is 0 Å². The summed E-state index contributed by atoms with van der Waals surface area (Å²) in [6.07, 6.45) is 4.03. The minimum absolute atomic E-state index is 0.149. The molecule has 0 saturated carbocycles. The molecule has 4 amide bonds. The van der Waals surface area contributed by atoms with E-state index in [4.69, 9.17) is 4.74 Å². The Bertz CT molecular complexity index is 1010. The van der Waals surface area contributed by atoms with Crippen molar-refractivity contribution in [1.29, 1.82) is 0 Å². The number of nitrogens with zero attached hydrogens (tertiary/aromatic N) is 2. The molecule has 0 aromatic heterocycles. The number of hydrogen-bond acceptors (Lipinski definition) is 5. The molecule has 2 fully saturated rings. The molecule has 8 heteroatoms. The van der Waals surface area contributed by atoms with E-state index in [2.05, 4.69) is 15.5 Å². The first-order valence-corrected chi connectivity index (χ1v) is 10.2. The zero-order valence-corrected chi connectivity index (χ0v) is 17.3. The normalized spacial score (nSPS) is 17.3. The molecular weight excluding hydrogens is 396 g/mol. The molecule has 31 heavy (non-hydrogen) atoms.